The molecule has 1 rings (SSSR count). The van der Waals surface area contributed by atoms with Crippen molar-refractivity contribution in [2.75, 3.05) is 13.1 Å². The Bertz CT molecular complexity index is 506. The van der Waals surface area contributed by atoms with Crippen LogP contribution in [0.25, 0.3) is 0 Å². The number of ether oxygens (including phenoxy) is 1. The van der Waals surface area contributed by atoms with Crippen molar-refractivity contribution >= 4 is 6.09 Å². The molecule has 1 atom stereocenters. The normalized spacial score (nSPS) is 14.5. The third kappa shape index (κ3) is 5.02. The molecule has 0 bridgehead atoms. The van der Waals surface area contributed by atoms with Gasteiger partial charge in [0.1, 0.15) is 5.60 Å². The van der Waals surface area contributed by atoms with E-state index in [-0.39, 0.29) is 5.41 Å². The van der Waals surface area contributed by atoms with E-state index in [9.17, 15) is 4.79 Å². The van der Waals surface area contributed by atoms with E-state index in [4.69, 9.17) is 10.5 Å². The lowest BCUT2D eigenvalue weighted by Crippen LogP contribution is -2.45. The summed E-state index contributed by atoms with van der Waals surface area (Å²) >= 11 is 0. The van der Waals surface area contributed by atoms with Gasteiger partial charge in [-0.2, -0.15) is 0 Å². The van der Waals surface area contributed by atoms with Gasteiger partial charge in [0.2, 0.25) is 0 Å². The molecule has 0 aliphatic carbocycles. The van der Waals surface area contributed by atoms with E-state index in [1.54, 1.807) is 0 Å². The zero-order valence-corrected chi connectivity index (χ0v) is 14.7. The summed E-state index contributed by atoms with van der Waals surface area (Å²) in [7, 11) is 0. The Morgan fingerprint density at radius 3 is 2.32 bits per heavy atom. The Labute approximate surface area is 134 Å². The maximum absolute atomic E-state index is 11.9. The van der Waals surface area contributed by atoms with Crippen LogP contribution in [-0.4, -0.2) is 24.8 Å². The maximum atomic E-state index is 11.9. The second kappa shape index (κ2) is 7.14. The van der Waals surface area contributed by atoms with Crippen LogP contribution in [0.3, 0.4) is 0 Å². The highest BCUT2D eigenvalue weighted by atomic mass is 16.6. The summed E-state index contributed by atoms with van der Waals surface area (Å²) in [6, 6.07) is 8.28. The topological polar surface area (TPSA) is 64.3 Å². The van der Waals surface area contributed by atoms with Gasteiger partial charge in [0, 0.05) is 18.5 Å². The zero-order chi connectivity index (χ0) is 17.0. The van der Waals surface area contributed by atoms with Gasteiger partial charge in [-0.1, -0.05) is 45.0 Å². The third-order valence-corrected chi connectivity index (χ3v) is 3.71. The van der Waals surface area contributed by atoms with Crippen molar-refractivity contribution in [2.45, 2.75) is 58.5 Å². The van der Waals surface area contributed by atoms with Crippen LogP contribution in [0.2, 0.25) is 0 Å². The fraction of sp³-hybridized carbons (Fsp3) is 0.611. The second-order valence-corrected chi connectivity index (χ2v) is 7.36. The van der Waals surface area contributed by atoms with Crippen LogP contribution in [-0.2, 0) is 10.2 Å². The Morgan fingerprint density at radius 2 is 1.82 bits per heavy atom. The zero-order valence-electron chi connectivity index (χ0n) is 14.7. The molecule has 4 nitrogen and oxygen atoms in total. The number of rotatable bonds is 5. The highest BCUT2D eigenvalue weighted by molar-refractivity contribution is 5.67. The van der Waals surface area contributed by atoms with Gasteiger partial charge in [0.25, 0.3) is 0 Å². The Hall–Kier alpha value is -1.55. The molecule has 1 unspecified atom stereocenters. The quantitative estimate of drug-likeness (QED) is 0.874. The molecular weight excluding hydrogens is 276 g/mol. The largest absolute Gasteiger partial charge is 0.444 e. The molecule has 3 N–H and O–H groups in total. The summed E-state index contributed by atoms with van der Waals surface area (Å²) < 4.78 is 5.30. The first-order chi connectivity index (χ1) is 10.1. The molecule has 1 aromatic rings. The highest BCUT2D eigenvalue weighted by Crippen LogP contribution is 2.30. The number of carbonyl (C=O) groups excluding carboxylic acids is 1. The SMILES string of the molecule is CC(C)c1ccccc1C(C)(CN)CNC(=O)OC(C)(C)C. The standard InChI is InChI=1S/C18H30N2O2/c1-13(2)14-9-7-8-10-15(14)18(6,11-19)12-20-16(21)22-17(3,4)5/h7-10,13H,11-12,19H2,1-6H3,(H,20,21). The van der Waals surface area contributed by atoms with Gasteiger partial charge in [0.15, 0.2) is 0 Å². The molecule has 0 aliphatic heterocycles. The van der Waals surface area contributed by atoms with Crippen LogP contribution in [0, 0.1) is 0 Å². The number of amides is 1. The molecule has 0 radical (unpaired) electrons. The monoisotopic (exact) mass is 306 g/mol. The van der Waals surface area contributed by atoms with Crippen molar-refractivity contribution in [1.29, 1.82) is 0 Å². The van der Waals surface area contributed by atoms with Crippen LogP contribution in [0.4, 0.5) is 4.79 Å². The first kappa shape index (κ1) is 18.5. The molecule has 0 heterocycles. The lowest BCUT2D eigenvalue weighted by Gasteiger charge is -2.32. The van der Waals surface area contributed by atoms with Crippen molar-refractivity contribution in [3.8, 4) is 0 Å². The van der Waals surface area contributed by atoms with Crippen molar-refractivity contribution in [1.82, 2.24) is 5.32 Å². The fourth-order valence-electron chi connectivity index (χ4n) is 2.41. The first-order valence-electron chi connectivity index (χ1n) is 7.85. The number of benzene rings is 1. The Kier molecular flexibility index (Phi) is 6.00. The van der Waals surface area contributed by atoms with Crippen LogP contribution in [0.5, 0.6) is 0 Å². The maximum Gasteiger partial charge on any atom is 0.407 e. The fourth-order valence-corrected chi connectivity index (χ4v) is 2.41. The van der Waals surface area contributed by atoms with Gasteiger partial charge in [-0.3, -0.25) is 0 Å². The molecule has 0 aromatic heterocycles. The van der Waals surface area contributed by atoms with Gasteiger partial charge < -0.3 is 15.8 Å². The third-order valence-electron chi connectivity index (χ3n) is 3.71. The molecule has 1 aromatic carbocycles. The van der Waals surface area contributed by atoms with Crippen LogP contribution in [0.1, 0.15) is 58.6 Å². The summed E-state index contributed by atoms with van der Waals surface area (Å²) in [5, 5.41) is 2.85. The van der Waals surface area contributed by atoms with E-state index in [1.807, 2.05) is 32.9 Å². The number of alkyl carbamates (subject to hydrolysis) is 1. The summed E-state index contributed by atoms with van der Waals surface area (Å²) in [5.74, 6) is 0.406. The molecule has 0 aliphatic rings. The smallest absolute Gasteiger partial charge is 0.407 e. The predicted molar refractivity (Wildman–Crippen MR) is 91.2 cm³/mol. The molecule has 124 valence electrons. The van der Waals surface area contributed by atoms with E-state index in [2.05, 4.69) is 38.2 Å². The number of carbonyl (C=O) groups is 1. The number of nitrogens with one attached hydrogen (secondary N) is 1. The average molecular weight is 306 g/mol. The number of hydrogen-bond donors (Lipinski definition) is 2. The summed E-state index contributed by atoms with van der Waals surface area (Å²) in [5.41, 5.74) is 7.66. The Morgan fingerprint density at radius 1 is 1.23 bits per heavy atom. The van der Waals surface area contributed by atoms with E-state index in [0.717, 1.165) is 0 Å². The molecular formula is C18H30N2O2. The predicted octanol–water partition coefficient (Wildman–Crippen LogP) is 3.55. The van der Waals surface area contributed by atoms with Gasteiger partial charge in [-0.05, 0) is 37.8 Å². The number of nitrogens with two attached hydrogens (primary N) is 1. The van der Waals surface area contributed by atoms with Gasteiger partial charge in [-0.25, -0.2) is 4.79 Å². The minimum absolute atomic E-state index is 0.322. The summed E-state index contributed by atoms with van der Waals surface area (Å²) in [6.07, 6.45) is -0.408. The lowest BCUT2D eigenvalue weighted by molar-refractivity contribution is 0.0516. The van der Waals surface area contributed by atoms with Gasteiger partial charge in [0.05, 0.1) is 0 Å². The lowest BCUT2D eigenvalue weighted by atomic mass is 9.77. The molecule has 0 saturated carbocycles. The van der Waals surface area contributed by atoms with E-state index < -0.39 is 11.7 Å². The molecule has 0 spiro atoms. The molecule has 0 saturated heterocycles. The highest BCUT2D eigenvalue weighted by Gasteiger charge is 2.29. The number of hydrogen-bond acceptors (Lipinski definition) is 3. The van der Waals surface area contributed by atoms with E-state index in [1.165, 1.54) is 11.1 Å². The minimum atomic E-state index is -0.501. The van der Waals surface area contributed by atoms with Crippen molar-refractivity contribution < 1.29 is 9.53 Å². The minimum Gasteiger partial charge on any atom is -0.444 e. The summed E-state index contributed by atoms with van der Waals surface area (Å²) in [6.45, 7) is 12.8. The van der Waals surface area contributed by atoms with Crippen molar-refractivity contribution in [2.24, 2.45) is 5.73 Å². The molecule has 0 fully saturated rings. The van der Waals surface area contributed by atoms with E-state index in [0.29, 0.717) is 19.0 Å². The van der Waals surface area contributed by atoms with Gasteiger partial charge in [-0.15, -0.1) is 0 Å². The molecule has 4 heteroatoms. The average Bonchev–Trinajstić information content (AvgIpc) is 2.43. The van der Waals surface area contributed by atoms with E-state index >= 15 is 0 Å². The Balaban J connectivity index is 2.91. The molecule has 1 amide bonds. The van der Waals surface area contributed by atoms with Crippen LogP contribution in [0.15, 0.2) is 24.3 Å². The van der Waals surface area contributed by atoms with Crippen LogP contribution < -0.4 is 11.1 Å². The van der Waals surface area contributed by atoms with Crippen molar-refractivity contribution in [3.05, 3.63) is 35.4 Å². The summed E-state index contributed by atoms with van der Waals surface area (Å²) in [4.78, 5) is 11.9. The molecule has 22 heavy (non-hydrogen) atoms. The van der Waals surface area contributed by atoms with Crippen LogP contribution >= 0.6 is 0 Å². The first-order valence-corrected chi connectivity index (χ1v) is 7.85. The second-order valence-electron chi connectivity index (χ2n) is 7.36. The van der Waals surface area contributed by atoms with Crippen molar-refractivity contribution in [3.63, 3.8) is 0 Å². The van der Waals surface area contributed by atoms with Gasteiger partial charge >= 0.3 is 6.09 Å².